The molecular weight excluding hydrogens is 406 g/mol. The first-order valence-electron chi connectivity index (χ1n) is 9.94. The second-order valence-electron chi connectivity index (χ2n) is 7.56. The lowest BCUT2D eigenvalue weighted by Crippen LogP contribution is -2.21. The SMILES string of the molecule is COc1c(Nc2cc(NCC3CC3)ncc2C(F)(F)CO)cccc1-c1ncn(C)n1. The van der Waals surface area contributed by atoms with Crippen LogP contribution in [0.3, 0.4) is 0 Å². The van der Waals surface area contributed by atoms with Gasteiger partial charge in [-0.3, -0.25) is 4.68 Å². The standard InChI is InChI=1S/C21H24F2N6O2/c1-29-12-26-20(28-29)14-4-3-5-16(19(14)31-2)27-17-8-18(24-9-13-6-7-13)25-10-15(17)21(22,23)11-30/h3-5,8,10,12-13,30H,6-7,9,11H2,1-2H3,(H2,24,25,27). The third kappa shape index (κ3) is 4.58. The van der Waals surface area contributed by atoms with Crippen LogP contribution in [0.4, 0.5) is 26.0 Å². The number of nitrogens with zero attached hydrogens (tertiary/aromatic N) is 4. The number of ether oxygens (including phenoxy) is 1. The fourth-order valence-electron chi connectivity index (χ4n) is 3.24. The van der Waals surface area contributed by atoms with Gasteiger partial charge in [0.1, 0.15) is 18.8 Å². The summed E-state index contributed by atoms with van der Waals surface area (Å²) in [5, 5.41) is 19.7. The molecule has 0 radical (unpaired) electrons. The maximum atomic E-state index is 14.4. The van der Waals surface area contributed by atoms with Crippen molar-refractivity contribution in [1.29, 1.82) is 0 Å². The smallest absolute Gasteiger partial charge is 0.299 e. The first kappa shape index (κ1) is 21.0. The van der Waals surface area contributed by atoms with Crippen molar-refractivity contribution < 1.29 is 18.6 Å². The van der Waals surface area contributed by atoms with Gasteiger partial charge >= 0.3 is 0 Å². The number of methoxy groups -OCH3 is 1. The van der Waals surface area contributed by atoms with Crippen LogP contribution in [0.1, 0.15) is 18.4 Å². The van der Waals surface area contributed by atoms with E-state index in [1.165, 1.54) is 13.2 Å². The first-order valence-corrected chi connectivity index (χ1v) is 9.94. The molecule has 0 unspecified atom stereocenters. The molecule has 0 spiro atoms. The van der Waals surface area contributed by atoms with Gasteiger partial charge < -0.3 is 20.5 Å². The average Bonchev–Trinajstić information content (AvgIpc) is 3.50. The summed E-state index contributed by atoms with van der Waals surface area (Å²) in [6.07, 6.45) is 4.97. The lowest BCUT2D eigenvalue weighted by Gasteiger charge is -2.21. The number of aryl methyl sites for hydroxylation is 1. The minimum absolute atomic E-state index is 0.122. The molecule has 164 valence electrons. The van der Waals surface area contributed by atoms with Crippen molar-refractivity contribution in [3.63, 3.8) is 0 Å². The van der Waals surface area contributed by atoms with Crippen LogP contribution in [0.25, 0.3) is 11.4 Å². The summed E-state index contributed by atoms with van der Waals surface area (Å²) in [6, 6.07) is 6.78. The molecular formula is C21H24F2N6O2. The molecule has 1 fully saturated rings. The van der Waals surface area contributed by atoms with E-state index < -0.39 is 18.1 Å². The normalized spacial score (nSPS) is 13.8. The summed E-state index contributed by atoms with van der Waals surface area (Å²) in [4.78, 5) is 8.35. The number of hydrogen-bond acceptors (Lipinski definition) is 7. The minimum Gasteiger partial charge on any atom is -0.494 e. The second-order valence-corrected chi connectivity index (χ2v) is 7.56. The van der Waals surface area contributed by atoms with Crippen LogP contribution >= 0.6 is 0 Å². The number of alkyl halides is 2. The Labute approximate surface area is 178 Å². The lowest BCUT2D eigenvalue weighted by molar-refractivity contribution is -0.0552. The zero-order valence-corrected chi connectivity index (χ0v) is 17.3. The lowest BCUT2D eigenvalue weighted by atomic mass is 10.1. The van der Waals surface area contributed by atoms with E-state index in [9.17, 15) is 13.9 Å². The van der Waals surface area contributed by atoms with E-state index in [-0.39, 0.29) is 5.69 Å². The van der Waals surface area contributed by atoms with Crippen molar-refractivity contribution in [2.45, 2.75) is 18.8 Å². The van der Waals surface area contributed by atoms with Crippen molar-refractivity contribution in [3.05, 3.63) is 42.4 Å². The molecule has 3 aromatic rings. The summed E-state index contributed by atoms with van der Waals surface area (Å²) >= 11 is 0. The molecule has 1 aliphatic rings. The topological polar surface area (TPSA) is 97.1 Å². The fourth-order valence-corrected chi connectivity index (χ4v) is 3.24. The number of rotatable bonds is 9. The van der Waals surface area contributed by atoms with Crippen LogP contribution in [0.2, 0.25) is 0 Å². The van der Waals surface area contributed by atoms with E-state index in [4.69, 9.17) is 4.74 Å². The zero-order chi connectivity index (χ0) is 22.0. The Morgan fingerprint density at radius 1 is 1.26 bits per heavy atom. The van der Waals surface area contributed by atoms with Crippen LogP contribution in [0.15, 0.2) is 36.8 Å². The highest BCUT2D eigenvalue weighted by atomic mass is 19.3. The molecule has 2 heterocycles. The molecule has 3 N–H and O–H groups in total. The largest absolute Gasteiger partial charge is 0.494 e. The molecule has 4 rings (SSSR count). The average molecular weight is 430 g/mol. The third-order valence-corrected chi connectivity index (χ3v) is 5.09. The van der Waals surface area contributed by atoms with Gasteiger partial charge in [0.2, 0.25) is 0 Å². The Balaban J connectivity index is 1.72. The van der Waals surface area contributed by atoms with Gasteiger partial charge in [-0.2, -0.15) is 13.9 Å². The minimum atomic E-state index is -3.46. The van der Waals surface area contributed by atoms with E-state index >= 15 is 0 Å². The highest BCUT2D eigenvalue weighted by Gasteiger charge is 2.34. The van der Waals surface area contributed by atoms with Gasteiger partial charge in [-0.1, -0.05) is 6.07 Å². The Hall–Kier alpha value is -3.27. The van der Waals surface area contributed by atoms with Crippen LogP contribution in [0, 0.1) is 5.92 Å². The first-order chi connectivity index (χ1) is 14.9. The summed E-state index contributed by atoms with van der Waals surface area (Å²) in [5.41, 5.74) is 0.790. The number of benzene rings is 1. The van der Waals surface area contributed by atoms with E-state index in [0.717, 1.165) is 25.6 Å². The summed E-state index contributed by atoms with van der Waals surface area (Å²) in [6.45, 7) is -0.584. The molecule has 0 atom stereocenters. The van der Waals surface area contributed by atoms with Gasteiger partial charge in [-0.05, 0) is 30.9 Å². The number of hydrogen-bond donors (Lipinski definition) is 3. The van der Waals surface area contributed by atoms with E-state index in [1.807, 2.05) is 0 Å². The van der Waals surface area contributed by atoms with E-state index in [0.29, 0.717) is 34.6 Å². The molecule has 0 aliphatic heterocycles. The van der Waals surface area contributed by atoms with Crippen molar-refractivity contribution in [1.82, 2.24) is 19.7 Å². The number of pyridine rings is 1. The molecule has 0 saturated heterocycles. The number of para-hydroxylation sites is 1. The fraction of sp³-hybridized carbons (Fsp3) is 0.381. The Morgan fingerprint density at radius 2 is 2.06 bits per heavy atom. The molecule has 8 nitrogen and oxygen atoms in total. The predicted octanol–water partition coefficient (Wildman–Crippen LogP) is 3.54. The number of aliphatic hydroxyl groups is 1. The van der Waals surface area contributed by atoms with Crippen molar-refractivity contribution in [3.8, 4) is 17.1 Å². The Morgan fingerprint density at radius 3 is 2.71 bits per heavy atom. The molecule has 31 heavy (non-hydrogen) atoms. The van der Waals surface area contributed by atoms with Gasteiger partial charge in [0.05, 0.1) is 29.6 Å². The van der Waals surface area contributed by atoms with Crippen LogP contribution < -0.4 is 15.4 Å². The molecule has 1 aliphatic carbocycles. The molecule has 1 aromatic carbocycles. The molecule has 0 bridgehead atoms. The number of aromatic nitrogens is 4. The predicted molar refractivity (Wildman–Crippen MR) is 113 cm³/mol. The number of nitrogens with one attached hydrogen (secondary N) is 2. The van der Waals surface area contributed by atoms with Crippen molar-refractivity contribution >= 4 is 17.2 Å². The monoisotopic (exact) mass is 430 g/mol. The molecule has 10 heteroatoms. The summed E-state index contributed by atoms with van der Waals surface area (Å²) in [7, 11) is 3.24. The maximum Gasteiger partial charge on any atom is 0.299 e. The van der Waals surface area contributed by atoms with Gasteiger partial charge in [0, 0.05) is 25.9 Å². The van der Waals surface area contributed by atoms with Gasteiger partial charge in [0.15, 0.2) is 11.6 Å². The summed E-state index contributed by atoms with van der Waals surface area (Å²) in [5.74, 6) is -1.52. The van der Waals surface area contributed by atoms with Crippen LogP contribution in [-0.4, -0.2) is 45.1 Å². The number of aliphatic hydroxyl groups excluding tert-OH is 1. The van der Waals surface area contributed by atoms with E-state index in [1.54, 1.807) is 36.3 Å². The van der Waals surface area contributed by atoms with Gasteiger partial charge in [0.25, 0.3) is 5.92 Å². The van der Waals surface area contributed by atoms with Crippen LogP contribution in [-0.2, 0) is 13.0 Å². The van der Waals surface area contributed by atoms with Crippen molar-refractivity contribution in [2.75, 3.05) is 30.9 Å². The Bertz CT molecular complexity index is 1070. The molecule has 2 aromatic heterocycles. The van der Waals surface area contributed by atoms with Crippen molar-refractivity contribution in [2.24, 2.45) is 13.0 Å². The van der Waals surface area contributed by atoms with Gasteiger partial charge in [-0.15, -0.1) is 0 Å². The number of anilines is 3. The highest BCUT2D eigenvalue weighted by molar-refractivity contribution is 5.79. The quantitative estimate of drug-likeness (QED) is 0.478. The van der Waals surface area contributed by atoms with Crippen LogP contribution in [0.5, 0.6) is 5.75 Å². The summed E-state index contributed by atoms with van der Waals surface area (Å²) < 4.78 is 36.0. The number of halogens is 2. The Kier molecular flexibility index (Phi) is 5.73. The highest BCUT2D eigenvalue weighted by Crippen LogP contribution is 2.40. The molecule has 0 amide bonds. The second kappa shape index (κ2) is 8.46. The molecule has 1 saturated carbocycles. The third-order valence-electron chi connectivity index (χ3n) is 5.09. The zero-order valence-electron chi connectivity index (χ0n) is 17.3. The maximum absolute atomic E-state index is 14.4. The van der Waals surface area contributed by atoms with E-state index in [2.05, 4.69) is 25.7 Å². The van der Waals surface area contributed by atoms with Gasteiger partial charge in [-0.25, -0.2) is 9.97 Å².